The number of amides is 1. The van der Waals surface area contributed by atoms with Crippen molar-refractivity contribution in [2.75, 3.05) is 43.9 Å². The fourth-order valence-corrected chi connectivity index (χ4v) is 3.18. The molecule has 0 radical (unpaired) electrons. The van der Waals surface area contributed by atoms with E-state index in [-0.39, 0.29) is 11.9 Å². The molecular formula is C19H24ClN5O2. The van der Waals surface area contributed by atoms with Crippen LogP contribution in [0, 0.1) is 6.92 Å². The van der Waals surface area contributed by atoms with Gasteiger partial charge in [0, 0.05) is 42.7 Å². The van der Waals surface area contributed by atoms with Crippen LogP contribution >= 0.6 is 11.6 Å². The molecule has 1 fully saturated rings. The van der Waals surface area contributed by atoms with Gasteiger partial charge in [-0.3, -0.25) is 4.79 Å². The Labute approximate surface area is 163 Å². The predicted octanol–water partition coefficient (Wildman–Crippen LogP) is 2.74. The number of hydrogen-bond donors (Lipinski definition) is 2. The van der Waals surface area contributed by atoms with Gasteiger partial charge in [-0.05, 0) is 25.0 Å². The van der Waals surface area contributed by atoms with Gasteiger partial charge in [-0.2, -0.15) is 4.98 Å². The minimum absolute atomic E-state index is 0.164. The van der Waals surface area contributed by atoms with Crippen molar-refractivity contribution >= 4 is 29.3 Å². The summed E-state index contributed by atoms with van der Waals surface area (Å²) in [5.41, 5.74) is 8.45. The number of anilines is 2. The van der Waals surface area contributed by atoms with E-state index in [1.807, 2.05) is 36.1 Å². The maximum absolute atomic E-state index is 12.2. The minimum atomic E-state index is 0.164. The van der Waals surface area contributed by atoms with E-state index in [9.17, 15) is 4.79 Å². The van der Waals surface area contributed by atoms with Crippen LogP contribution in [0.5, 0.6) is 0 Å². The molecule has 1 amide bonds. The number of benzene rings is 1. The van der Waals surface area contributed by atoms with Gasteiger partial charge in [0.25, 0.3) is 0 Å². The summed E-state index contributed by atoms with van der Waals surface area (Å²) >= 11 is 6.21. The quantitative estimate of drug-likeness (QED) is 0.738. The molecule has 2 aromatic rings. The number of ether oxygens (including phenoxy) is 1. The van der Waals surface area contributed by atoms with Crippen LogP contribution < -0.4 is 11.1 Å². The summed E-state index contributed by atoms with van der Waals surface area (Å²) < 4.78 is 5.27. The number of nitrogens with one attached hydrogen (secondary N) is 1. The van der Waals surface area contributed by atoms with Crippen molar-refractivity contribution in [2.45, 2.75) is 19.8 Å². The van der Waals surface area contributed by atoms with E-state index in [2.05, 4.69) is 15.3 Å². The lowest BCUT2D eigenvalue weighted by atomic mass is 10.1. The van der Waals surface area contributed by atoms with Crippen molar-refractivity contribution in [3.63, 3.8) is 0 Å². The SMILES string of the molecule is Cc1c(Cl)cccc1-c1cc(NCCCC(=O)N2CCOCC2)nc(N)n1. The van der Waals surface area contributed by atoms with Crippen LogP contribution in [-0.4, -0.2) is 53.6 Å². The van der Waals surface area contributed by atoms with Crippen LogP contribution in [-0.2, 0) is 9.53 Å². The summed E-state index contributed by atoms with van der Waals surface area (Å²) in [5, 5.41) is 3.91. The lowest BCUT2D eigenvalue weighted by Crippen LogP contribution is -2.40. The zero-order valence-corrected chi connectivity index (χ0v) is 16.1. The number of carbonyl (C=O) groups excluding carboxylic acids is 1. The lowest BCUT2D eigenvalue weighted by Gasteiger charge is -2.26. The van der Waals surface area contributed by atoms with Gasteiger partial charge in [0.1, 0.15) is 5.82 Å². The Kier molecular flexibility index (Phi) is 6.47. The molecule has 1 saturated heterocycles. The number of hydrogen-bond acceptors (Lipinski definition) is 6. The molecule has 0 unspecified atom stereocenters. The molecule has 0 atom stereocenters. The summed E-state index contributed by atoms with van der Waals surface area (Å²) in [6, 6.07) is 7.52. The van der Waals surface area contributed by atoms with Gasteiger partial charge in [0.2, 0.25) is 11.9 Å². The number of halogens is 1. The molecule has 1 aromatic heterocycles. The number of nitrogens with zero attached hydrogens (tertiary/aromatic N) is 3. The smallest absolute Gasteiger partial charge is 0.222 e. The molecule has 0 bridgehead atoms. The normalized spacial score (nSPS) is 14.2. The van der Waals surface area contributed by atoms with E-state index in [4.69, 9.17) is 22.1 Å². The molecule has 3 N–H and O–H groups in total. The largest absolute Gasteiger partial charge is 0.378 e. The summed E-state index contributed by atoms with van der Waals surface area (Å²) in [5.74, 6) is 0.993. The van der Waals surface area contributed by atoms with Crippen LogP contribution in [0.1, 0.15) is 18.4 Å². The number of nitrogen functional groups attached to an aromatic ring is 1. The van der Waals surface area contributed by atoms with E-state index in [0.29, 0.717) is 56.5 Å². The first-order valence-corrected chi connectivity index (χ1v) is 9.42. The van der Waals surface area contributed by atoms with Crippen molar-refractivity contribution < 1.29 is 9.53 Å². The minimum Gasteiger partial charge on any atom is -0.378 e. The Morgan fingerprint density at radius 2 is 2.11 bits per heavy atom. The standard InChI is InChI=1S/C19H24ClN5O2/c1-13-14(4-2-5-15(13)20)16-12-17(24-19(21)23-16)22-7-3-6-18(26)25-8-10-27-11-9-25/h2,4-5,12H,3,6-11H2,1H3,(H3,21,22,23,24). The molecule has 144 valence electrons. The van der Waals surface area contributed by atoms with E-state index in [1.165, 1.54) is 0 Å². The van der Waals surface area contributed by atoms with Crippen LogP contribution in [0.25, 0.3) is 11.3 Å². The molecule has 1 aliphatic rings. The Bertz CT molecular complexity index is 809. The fraction of sp³-hybridized carbons (Fsp3) is 0.421. The second-order valence-corrected chi connectivity index (χ2v) is 6.84. The average molecular weight is 390 g/mol. The zero-order valence-electron chi connectivity index (χ0n) is 15.4. The second-order valence-electron chi connectivity index (χ2n) is 6.43. The predicted molar refractivity (Wildman–Crippen MR) is 107 cm³/mol. The van der Waals surface area contributed by atoms with E-state index >= 15 is 0 Å². The Morgan fingerprint density at radius 3 is 2.89 bits per heavy atom. The van der Waals surface area contributed by atoms with Crippen molar-refractivity contribution in [2.24, 2.45) is 0 Å². The van der Waals surface area contributed by atoms with Crippen molar-refractivity contribution in [1.29, 1.82) is 0 Å². The molecule has 0 spiro atoms. The van der Waals surface area contributed by atoms with Gasteiger partial charge in [-0.25, -0.2) is 4.98 Å². The molecular weight excluding hydrogens is 366 g/mol. The molecule has 7 nitrogen and oxygen atoms in total. The first-order valence-electron chi connectivity index (χ1n) is 9.04. The van der Waals surface area contributed by atoms with E-state index in [0.717, 1.165) is 16.8 Å². The highest BCUT2D eigenvalue weighted by Gasteiger charge is 2.16. The van der Waals surface area contributed by atoms with Gasteiger partial charge in [-0.1, -0.05) is 23.7 Å². The van der Waals surface area contributed by atoms with Crippen LogP contribution in [0.2, 0.25) is 5.02 Å². The highest BCUT2D eigenvalue weighted by molar-refractivity contribution is 6.31. The van der Waals surface area contributed by atoms with Gasteiger partial charge in [0.05, 0.1) is 18.9 Å². The number of carbonyl (C=O) groups is 1. The zero-order chi connectivity index (χ0) is 19.2. The van der Waals surface area contributed by atoms with Crippen LogP contribution in [0.3, 0.4) is 0 Å². The summed E-state index contributed by atoms with van der Waals surface area (Å²) in [6.07, 6.45) is 1.21. The first kappa shape index (κ1) is 19.4. The number of aromatic nitrogens is 2. The highest BCUT2D eigenvalue weighted by atomic mass is 35.5. The molecule has 0 saturated carbocycles. The first-order chi connectivity index (χ1) is 13.0. The second kappa shape index (κ2) is 9.01. The van der Waals surface area contributed by atoms with Crippen molar-refractivity contribution in [1.82, 2.24) is 14.9 Å². The monoisotopic (exact) mass is 389 g/mol. The Balaban J connectivity index is 1.58. The molecule has 8 heteroatoms. The molecule has 1 aliphatic heterocycles. The fourth-order valence-electron chi connectivity index (χ4n) is 3.01. The van der Waals surface area contributed by atoms with Crippen molar-refractivity contribution in [3.8, 4) is 11.3 Å². The van der Waals surface area contributed by atoms with Gasteiger partial charge < -0.3 is 20.7 Å². The lowest BCUT2D eigenvalue weighted by molar-refractivity contribution is -0.135. The molecule has 3 rings (SSSR count). The third-order valence-electron chi connectivity index (χ3n) is 4.52. The number of nitrogens with two attached hydrogens (primary N) is 1. The maximum Gasteiger partial charge on any atom is 0.222 e. The van der Waals surface area contributed by atoms with Crippen molar-refractivity contribution in [3.05, 3.63) is 34.9 Å². The third-order valence-corrected chi connectivity index (χ3v) is 4.93. The average Bonchev–Trinajstić information content (AvgIpc) is 2.67. The topological polar surface area (TPSA) is 93.4 Å². The van der Waals surface area contributed by atoms with Crippen LogP contribution in [0.15, 0.2) is 24.3 Å². The van der Waals surface area contributed by atoms with Crippen LogP contribution in [0.4, 0.5) is 11.8 Å². The summed E-state index contributed by atoms with van der Waals surface area (Å²) in [4.78, 5) is 22.6. The maximum atomic E-state index is 12.2. The van der Waals surface area contributed by atoms with E-state index < -0.39 is 0 Å². The summed E-state index contributed by atoms with van der Waals surface area (Å²) in [6.45, 7) is 5.17. The number of morpholine rings is 1. The van der Waals surface area contributed by atoms with Gasteiger partial charge in [0.15, 0.2) is 0 Å². The Morgan fingerprint density at radius 1 is 1.33 bits per heavy atom. The molecule has 27 heavy (non-hydrogen) atoms. The highest BCUT2D eigenvalue weighted by Crippen LogP contribution is 2.28. The summed E-state index contributed by atoms with van der Waals surface area (Å²) in [7, 11) is 0. The third kappa shape index (κ3) is 5.08. The molecule has 2 heterocycles. The van der Waals surface area contributed by atoms with E-state index in [1.54, 1.807) is 0 Å². The van der Waals surface area contributed by atoms with Gasteiger partial charge in [-0.15, -0.1) is 0 Å². The van der Waals surface area contributed by atoms with Gasteiger partial charge >= 0.3 is 0 Å². The molecule has 1 aromatic carbocycles. The number of rotatable bonds is 6. The molecule has 0 aliphatic carbocycles. The Hall–Kier alpha value is -2.38.